The van der Waals surface area contributed by atoms with Crippen LogP contribution in [0.2, 0.25) is 5.02 Å². The van der Waals surface area contributed by atoms with Gasteiger partial charge in [0.15, 0.2) is 0 Å². The molecule has 1 saturated carbocycles. The third-order valence-corrected chi connectivity index (χ3v) is 10.1. The van der Waals surface area contributed by atoms with Crippen LogP contribution in [0, 0.1) is 11.7 Å². The molecule has 0 bridgehead atoms. The summed E-state index contributed by atoms with van der Waals surface area (Å²) >= 11 is 8.69. The van der Waals surface area contributed by atoms with E-state index >= 15 is 0 Å². The van der Waals surface area contributed by atoms with Gasteiger partial charge in [-0.25, -0.2) is 17.6 Å². The fraction of sp³-hybridized carbons (Fsp3) is 0.435. The summed E-state index contributed by atoms with van der Waals surface area (Å²) in [4.78, 5) is 12.4. The quantitative estimate of drug-likeness (QED) is 0.557. The Bertz CT molecular complexity index is 1180. The third kappa shape index (κ3) is 3.25. The van der Waals surface area contributed by atoms with Crippen molar-refractivity contribution in [3.8, 4) is 0 Å². The second-order valence-electron chi connectivity index (χ2n) is 8.62. The van der Waals surface area contributed by atoms with E-state index in [4.69, 9.17) is 16.3 Å². The summed E-state index contributed by atoms with van der Waals surface area (Å²) in [7, 11) is -2.67. The number of hydrogen-bond donors (Lipinski definition) is 0. The SMILES string of the molecule is COC(=O)c1ccc2c(c1Cl)C1(CCSCC1)C(C1CC1)N2S(=O)(=O)c1ccc(F)cc1. The number of benzene rings is 2. The minimum absolute atomic E-state index is 0.0471. The van der Waals surface area contributed by atoms with Crippen LogP contribution in [0.5, 0.6) is 0 Å². The van der Waals surface area contributed by atoms with Gasteiger partial charge in [-0.3, -0.25) is 4.31 Å². The summed E-state index contributed by atoms with van der Waals surface area (Å²) in [6, 6.07) is 7.88. The maximum atomic E-state index is 13.9. The topological polar surface area (TPSA) is 63.7 Å². The number of halogens is 2. The van der Waals surface area contributed by atoms with Crippen molar-refractivity contribution < 1.29 is 22.3 Å². The van der Waals surface area contributed by atoms with Gasteiger partial charge >= 0.3 is 5.97 Å². The average molecular weight is 496 g/mol. The van der Waals surface area contributed by atoms with Gasteiger partial charge in [0.1, 0.15) is 5.82 Å². The minimum Gasteiger partial charge on any atom is -0.465 e. The molecule has 5 rings (SSSR count). The lowest BCUT2D eigenvalue weighted by atomic mass is 9.70. The Labute approximate surface area is 196 Å². The van der Waals surface area contributed by atoms with Crippen LogP contribution in [0.25, 0.3) is 0 Å². The van der Waals surface area contributed by atoms with Gasteiger partial charge in [-0.05, 0) is 79.5 Å². The molecule has 0 radical (unpaired) electrons. The summed E-state index contributed by atoms with van der Waals surface area (Å²) in [5, 5.41) is 0.281. The Hall–Kier alpha value is -1.77. The van der Waals surface area contributed by atoms with Crippen LogP contribution in [-0.2, 0) is 20.2 Å². The Kier molecular flexibility index (Phi) is 5.46. The highest BCUT2D eigenvalue weighted by Gasteiger charge is 2.60. The number of ether oxygens (including phenoxy) is 1. The number of methoxy groups -OCH3 is 1. The Morgan fingerprint density at radius 3 is 2.41 bits per heavy atom. The van der Waals surface area contributed by atoms with Gasteiger partial charge < -0.3 is 4.74 Å². The number of rotatable bonds is 4. The lowest BCUT2D eigenvalue weighted by Gasteiger charge is -2.42. The number of carbonyl (C=O) groups excluding carboxylic acids is 1. The molecule has 1 atom stereocenters. The predicted octanol–water partition coefficient (Wildman–Crippen LogP) is 5.02. The number of sulfonamides is 1. The Morgan fingerprint density at radius 1 is 1.16 bits per heavy atom. The van der Waals surface area contributed by atoms with Crippen molar-refractivity contribution in [2.75, 3.05) is 22.9 Å². The Balaban J connectivity index is 1.76. The van der Waals surface area contributed by atoms with E-state index in [9.17, 15) is 17.6 Å². The molecule has 0 amide bonds. The highest BCUT2D eigenvalue weighted by atomic mass is 35.5. The van der Waals surface area contributed by atoms with Crippen molar-refractivity contribution in [2.45, 2.75) is 42.0 Å². The molecule has 0 N–H and O–H groups in total. The maximum absolute atomic E-state index is 13.9. The number of esters is 1. The van der Waals surface area contributed by atoms with E-state index in [0.717, 1.165) is 54.9 Å². The second-order valence-corrected chi connectivity index (χ2v) is 12.0. The average Bonchev–Trinajstić information content (AvgIpc) is 3.58. The highest BCUT2D eigenvalue weighted by Crippen LogP contribution is 2.61. The molecule has 2 fully saturated rings. The minimum atomic E-state index is -3.97. The monoisotopic (exact) mass is 495 g/mol. The molecule has 9 heteroatoms. The van der Waals surface area contributed by atoms with Crippen molar-refractivity contribution in [1.29, 1.82) is 0 Å². The van der Waals surface area contributed by atoms with Gasteiger partial charge in [0.2, 0.25) is 0 Å². The van der Waals surface area contributed by atoms with E-state index in [0.29, 0.717) is 5.69 Å². The van der Waals surface area contributed by atoms with Crippen LogP contribution in [0.15, 0.2) is 41.3 Å². The molecule has 1 unspecified atom stereocenters. The van der Waals surface area contributed by atoms with Crippen molar-refractivity contribution in [2.24, 2.45) is 5.92 Å². The van der Waals surface area contributed by atoms with Gasteiger partial charge in [0.05, 0.1) is 34.3 Å². The molecule has 170 valence electrons. The first kappa shape index (κ1) is 22.0. The number of carbonyl (C=O) groups is 1. The molecule has 1 aliphatic carbocycles. The molecular formula is C23H23ClFNO4S2. The predicted molar refractivity (Wildman–Crippen MR) is 124 cm³/mol. The molecule has 1 spiro atoms. The van der Waals surface area contributed by atoms with Gasteiger partial charge in [-0.15, -0.1) is 0 Å². The second kappa shape index (κ2) is 7.92. The summed E-state index contributed by atoms with van der Waals surface area (Å²) < 4.78 is 47.8. The zero-order valence-corrected chi connectivity index (χ0v) is 19.9. The van der Waals surface area contributed by atoms with Crippen molar-refractivity contribution in [3.63, 3.8) is 0 Å². The van der Waals surface area contributed by atoms with Gasteiger partial charge in [0, 0.05) is 11.0 Å². The standard InChI is InChI=1S/C23H23ClFNO4S2/c1-30-22(27)17-8-9-18-19(20(17)24)23(10-12-31-13-11-23)21(14-2-3-14)26(18)32(28,29)16-6-4-15(25)5-7-16/h4-9,14,21H,2-3,10-13H2,1H3. The van der Waals surface area contributed by atoms with Crippen LogP contribution < -0.4 is 4.31 Å². The first-order valence-corrected chi connectivity index (χ1v) is 13.6. The van der Waals surface area contributed by atoms with E-state index in [2.05, 4.69) is 0 Å². The van der Waals surface area contributed by atoms with E-state index < -0.39 is 27.2 Å². The molecular weight excluding hydrogens is 473 g/mol. The van der Waals surface area contributed by atoms with Crippen LogP contribution >= 0.6 is 23.4 Å². The summed E-state index contributed by atoms with van der Waals surface area (Å²) in [6.07, 6.45) is 3.46. The lowest BCUT2D eigenvalue weighted by molar-refractivity contribution is 0.0600. The Morgan fingerprint density at radius 2 is 1.81 bits per heavy atom. The lowest BCUT2D eigenvalue weighted by Crippen LogP contribution is -2.50. The van der Waals surface area contributed by atoms with Gasteiger partial charge in [0.25, 0.3) is 10.0 Å². The fourth-order valence-electron chi connectivity index (χ4n) is 5.35. The number of nitrogens with zero attached hydrogens (tertiary/aromatic N) is 1. The van der Waals surface area contributed by atoms with Crippen molar-refractivity contribution in [3.05, 3.63) is 58.4 Å². The molecule has 2 aromatic carbocycles. The third-order valence-electron chi connectivity index (χ3n) is 6.90. The molecule has 0 aromatic heterocycles. The molecule has 2 aliphatic heterocycles. The molecule has 3 aliphatic rings. The number of fused-ring (bicyclic) bond motifs is 2. The van der Waals surface area contributed by atoms with Crippen LogP contribution in [-0.4, -0.2) is 39.0 Å². The molecule has 32 heavy (non-hydrogen) atoms. The van der Waals surface area contributed by atoms with E-state index in [1.165, 1.54) is 23.5 Å². The molecule has 1 saturated heterocycles. The highest BCUT2D eigenvalue weighted by molar-refractivity contribution is 7.99. The molecule has 2 aromatic rings. The van der Waals surface area contributed by atoms with Gasteiger partial charge in [-0.2, -0.15) is 11.8 Å². The largest absolute Gasteiger partial charge is 0.465 e. The zero-order valence-electron chi connectivity index (χ0n) is 17.5. The first-order chi connectivity index (χ1) is 15.3. The van der Waals surface area contributed by atoms with Crippen molar-refractivity contribution >= 4 is 45.0 Å². The summed E-state index contributed by atoms with van der Waals surface area (Å²) in [5.74, 6) is 0.980. The number of thioether (sulfide) groups is 1. The smallest absolute Gasteiger partial charge is 0.339 e. The number of anilines is 1. The van der Waals surface area contributed by atoms with Crippen LogP contribution in [0.3, 0.4) is 0 Å². The van der Waals surface area contributed by atoms with E-state index in [1.54, 1.807) is 12.1 Å². The van der Waals surface area contributed by atoms with Crippen LogP contribution in [0.1, 0.15) is 41.6 Å². The number of hydrogen-bond acceptors (Lipinski definition) is 5. The maximum Gasteiger partial charge on any atom is 0.339 e. The molecule has 2 heterocycles. The summed E-state index contributed by atoms with van der Waals surface area (Å²) in [6.45, 7) is 0. The van der Waals surface area contributed by atoms with Crippen molar-refractivity contribution in [1.82, 2.24) is 0 Å². The first-order valence-electron chi connectivity index (χ1n) is 10.6. The normalized spacial score (nSPS) is 22.1. The fourth-order valence-corrected chi connectivity index (χ4v) is 8.79. The van der Waals surface area contributed by atoms with E-state index in [-0.39, 0.29) is 27.4 Å². The molecule has 5 nitrogen and oxygen atoms in total. The van der Waals surface area contributed by atoms with E-state index in [1.807, 2.05) is 11.8 Å². The summed E-state index contributed by atoms with van der Waals surface area (Å²) in [5.41, 5.74) is 1.05. The zero-order chi connectivity index (χ0) is 22.7. The van der Waals surface area contributed by atoms with Gasteiger partial charge in [-0.1, -0.05) is 11.6 Å². The van der Waals surface area contributed by atoms with Crippen LogP contribution in [0.4, 0.5) is 10.1 Å².